The van der Waals surface area contributed by atoms with Gasteiger partial charge in [-0.2, -0.15) is 0 Å². The lowest BCUT2D eigenvalue weighted by Crippen LogP contribution is -2.42. The average Bonchev–Trinajstić information content (AvgIpc) is 3.22. The molecule has 2 amide bonds. The summed E-state index contributed by atoms with van der Waals surface area (Å²) >= 11 is 0.952. The fourth-order valence-electron chi connectivity index (χ4n) is 5.37. The normalized spacial score (nSPS) is 19.1. The summed E-state index contributed by atoms with van der Waals surface area (Å²) in [5, 5.41) is 3.43. The topological polar surface area (TPSA) is 94.2 Å². The summed E-state index contributed by atoms with van der Waals surface area (Å²) in [5.74, 6) is 1.43. The smallest absolute Gasteiger partial charge is 0.293 e. The number of anilines is 1. The molecule has 2 aromatic carbocycles. The Hall–Kier alpha value is -3.46. The third kappa shape index (κ3) is 7.48. The highest BCUT2D eigenvalue weighted by atomic mass is 32.2. The maximum atomic E-state index is 12.2. The molecule has 9 heteroatoms. The van der Waals surface area contributed by atoms with E-state index in [-0.39, 0.29) is 11.1 Å². The molecule has 2 aliphatic rings. The fraction of sp³-hybridized carbons (Fsp3) is 0.485. The molecule has 1 unspecified atom stereocenters. The van der Waals surface area contributed by atoms with E-state index in [1.807, 2.05) is 24.3 Å². The largest absolute Gasteiger partial charge is 0.489 e. The van der Waals surface area contributed by atoms with Crippen molar-refractivity contribution in [3.8, 4) is 11.5 Å². The van der Waals surface area contributed by atoms with Crippen molar-refractivity contribution in [2.24, 2.45) is 0 Å². The molecule has 2 aromatic rings. The van der Waals surface area contributed by atoms with Gasteiger partial charge < -0.3 is 19.5 Å². The van der Waals surface area contributed by atoms with E-state index in [0.29, 0.717) is 24.6 Å². The number of unbranched alkanes of at least 4 members (excludes halogenated alkanes) is 4. The minimum absolute atomic E-state index is 0.260. The number of carbonyl (C=O) groups excluding carboxylic acids is 3. The van der Waals surface area contributed by atoms with E-state index >= 15 is 0 Å². The summed E-state index contributed by atoms with van der Waals surface area (Å²) in [5.41, 5.74) is 6.52. The van der Waals surface area contributed by atoms with Crippen LogP contribution in [0.15, 0.2) is 29.2 Å². The average molecular weight is 595 g/mol. The van der Waals surface area contributed by atoms with Crippen molar-refractivity contribution >= 4 is 41.1 Å². The SMILES string of the molecule is Cc1c(C)c2c(c(C)c1NCCCCCCCOC=O)CCC(C)(COc1ccc(C=C3SC(=O)N(C)C3=O)cc1)O2. The molecule has 8 nitrogen and oxygen atoms in total. The monoisotopic (exact) mass is 594 g/mol. The number of rotatable bonds is 14. The van der Waals surface area contributed by atoms with Gasteiger partial charge in [0.1, 0.15) is 23.7 Å². The van der Waals surface area contributed by atoms with Gasteiger partial charge in [-0.3, -0.25) is 19.3 Å². The number of benzene rings is 2. The first-order chi connectivity index (χ1) is 20.1. The number of likely N-dealkylation sites (N-methyl/N-ethyl adjacent to an activating group) is 1. The van der Waals surface area contributed by atoms with E-state index in [2.05, 4.69) is 33.0 Å². The van der Waals surface area contributed by atoms with Gasteiger partial charge >= 0.3 is 0 Å². The van der Waals surface area contributed by atoms with Crippen molar-refractivity contribution in [1.82, 2.24) is 4.90 Å². The Kier molecular flexibility index (Phi) is 10.6. The van der Waals surface area contributed by atoms with Crippen molar-refractivity contribution in [1.29, 1.82) is 0 Å². The van der Waals surface area contributed by atoms with E-state index in [1.165, 1.54) is 35.0 Å². The number of nitrogens with zero attached hydrogens (tertiary/aromatic N) is 1. The predicted octanol–water partition coefficient (Wildman–Crippen LogP) is 6.98. The van der Waals surface area contributed by atoms with Crippen molar-refractivity contribution < 1.29 is 28.6 Å². The third-order valence-electron chi connectivity index (χ3n) is 8.15. The van der Waals surface area contributed by atoms with E-state index < -0.39 is 5.60 Å². The zero-order valence-corrected chi connectivity index (χ0v) is 26.2. The first kappa shape index (κ1) is 31.5. The highest BCUT2D eigenvalue weighted by Gasteiger charge is 2.35. The number of amides is 2. The van der Waals surface area contributed by atoms with Gasteiger partial charge in [0, 0.05) is 19.3 Å². The number of ether oxygens (including phenoxy) is 3. The second-order valence-corrected chi connectivity index (χ2v) is 12.4. The molecule has 2 aliphatic heterocycles. The highest BCUT2D eigenvalue weighted by molar-refractivity contribution is 8.18. The van der Waals surface area contributed by atoms with Crippen LogP contribution in [0.1, 0.15) is 73.3 Å². The summed E-state index contributed by atoms with van der Waals surface area (Å²) in [6.07, 6.45) is 8.89. The van der Waals surface area contributed by atoms with Gasteiger partial charge in [0.15, 0.2) is 0 Å². The summed E-state index contributed by atoms with van der Waals surface area (Å²) in [7, 11) is 1.49. The van der Waals surface area contributed by atoms with Crippen LogP contribution in [0.3, 0.4) is 0 Å². The van der Waals surface area contributed by atoms with Crippen LogP contribution in [-0.2, 0) is 20.7 Å². The maximum absolute atomic E-state index is 12.2. The van der Waals surface area contributed by atoms with Crippen molar-refractivity contribution in [3.05, 3.63) is 57.0 Å². The maximum Gasteiger partial charge on any atom is 0.293 e. The van der Waals surface area contributed by atoms with E-state index in [9.17, 15) is 14.4 Å². The Labute approximate surface area is 253 Å². The molecule has 226 valence electrons. The minimum Gasteiger partial charge on any atom is -0.489 e. The van der Waals surface area contributed by atoms with E-state index in [1.54, 1.807) is 6.08 Å². The number of imide groups is 1. The Balaban J connectivity index is 1.32. The van der Waals surface area contributed by atoms with Crippen molar-refractivity contribution in [3.63, 3.8) is 0 Å². The van der Waals surface area contributed by atoms with Crippen LogP contribution in [-0.4, -0.2) is 54.9 Å². The Morgan fingerprint density at radius 1 is 1.02 bits per heavy atom. The van der Waals surface area contributed by atoms with Gasteiger partial charge in [-0.15, -0.1) is 0 Å². The molecule has 0 aromatic heterocycles. The van der Waals surface area contributed by atoms with Gasteiger partial charge in [-0.25, -0.2) is 0 Å². The lowest BCUT2D eigenvalue weighted by molar-refractivity contribution is -0.128. The number of hydrogen-bond donors (Lipinski definition) is 1. The van der Waals surface area contributed by atoms with E-state index in [0.717, 1.165) is 85.2 Å². The van der Waals surface area contributed by atoms with Crippen LogP contribution in [0.5, 0.6) is 11.5 Å². The van der Waals surface area contributed by atoms with Gasteiger partial charge in [-0.1, -0.05) is 31.4 Å². The predicted molar refractivity (Wildman–Crippen MR) is 167 cm³/mol. The van der Waals surface area contributed by atoms with Crippen molar-refractivity contribution in [2.75, 3.05) is 32.1 Å². The number of thioether (sulfide) groups is 1. The van der Waals surface area contributed by atoms with Gasteiger partial charge in [-0.05, 0) is 111 Å². The summed E-state index contributed by atoms with van der Waals surface area (Å²) in [6, 6.07) is 7.52. The highest BCUT2D eigenvalue weighted by Crippen LogP contribution is 2.43. The standard InChI is InChI=1S/C33H42N2O6S/c1-22-23(2)30-27(24(3)29(22)34-17-9-7-6-8-10-18-39-21-36)15-16-33(4,41-30)20-40-26-13-11-25(12-14-26)19-28-31(37)35(5)32(38)42-28/h11-14,19,21,34H,6-10,15-18,20H2,1-5H3. The van der Waals surface area contributed by atoms with Gasteiger partial charge in [0.25, 0.3) is 17.6 Å². The number of carbonyl (C=O) groups is 3. The molecule has 0 radical (unpaired) electrons. The molecule has 2 heterocycles. The first-order valence-corrected chi connectivity index (χ1v) is 15.5. The number of hydrogen-bond acceptors (Lipinski definition) is 8. The quantitative estimate of drug-likeness (QED) is 0.142. The molecule has 1 N–H and O–H groups in total. The number of fused-ring (bicyclic) bond motifs is 1. The molecule has 42 heavy (non-hydrogen) atoms. The van der Waals surface area contributed by atoms with Crippen LogP contribution < -0.4 is 14.8 Å². The summed E-state index contributed by atoms with van der Waals surface area (Å²) in [4.78, 5) is 35.6. The summed E-state index contributed by atoms with van der Waals surface area (Å²) in [6.45, 7) is 11.0. The van der Waals surface area contributed by atoms with Crippen LogP contribution >= 0.6 is 11.8 Å². The number of nitrogens with one attached hydrogen (secondary N) is 1. The molecule has 1 fully saturated rings. The molecule has 0 spiro atoms. The van der Waals surface area contributed by atoms with Crippen LogP contribution in [0.4, 0.5) is 10.5 Å². The third-order valence-corrected chi connectivity index (χ3v) is 9.11. The zero-order chi connectivity index (χ0) is 30.3. The minimum atomic E-state index is -0.457. The molecule has 0 saturated carbocycles. The second-order valence-electron chi connectivity index (χ2n) is 11.4. The van der Waals surface area contributed by atoms with E-state index in [4.69, 9.17) is 14.2 Å². The molecular formula is C33H42N2O6S. The summed E-state index contributed by atoms with van der Waals surface area (Å²) < 4.78 is 17.6. The Morgan fingerprint density at radius 2 is 1.74 bits per heavy atom. The fourth-order valence-corrected chi connectivity index (χ4v) is 6.20. The van der Waals surface area contributed by atoms with Gasteiger partial charge in [0.2, 0.25) is 0 Å². The lowest BCUT2D eigenvalue weighted by Gasteiger charge is -2.38. The van der Waals surface area contributed by atoms with Crippen LogP contribution in [0.25, 0.3) is 6.08 Å². The Bertz CT molecular complexity index is 1340. The van der Waals surface area contributed by atoms with Crippen LogP contribution in [0.2, 0.25) is 0 Å². The lowest BCUT2D eigenvalue weighted by atomic mass is 9.87. The molecule has 1 atom stereocenters. The van der Waals surface area contributed by atoms with Gasteiger partial charge in [0.05, 0.1) is 11.5 Å². The molecule has 0 bridgehead atoms. The Morgan fingerprint density at radius 3 is 2.43 bits per heavy atom. The molecule has 0 aliphatic carbocycles. The zero-order valence-electron chi connectivity index (χ0n) is 25.3. The first-order valence-electron chi connectivity index (χ1n) is 14.7. The second kappa shape index (κ2) is 14.1. The van der Waals surface area contributed by atoms with Crippen LogP contribution in [0, 0.1) is 20.8 Å². The molecule has 1 saturated heterocycles. The molecule has 4 rings (SSSR count). The molecular weight excluding hydrogens is 552 g/mol. The van der Waals surface area contributed by atoms with Crippen molar-refractivity contribution in [2.45, 2.75) is 78.2 Å².